The molecule has 0 saturated heterocycles. The fourth-order valence-corrected chi connectivity index (χ4v) is 2.57. The normalized spacial score (nSPS) is 10.3. The zero-order valence-electron chi connectivity index (χ0n) is 13.7. The van der Waals surface area contributed by atoms with E-state index in [1.54, 1.807) is 54.9 Å². The van der Waals surface area contributed by atoms with Crippen LogP contribution in [0.1, 0.15) is 15.9 Å². The highest BCUT2D eigenvalue weighted by Crippen LogP contribution is 2.25. The van der Waals surface area contributed by atoms with E-state index in [4.69, 9.17) is 4.74 Å². The molecule has 2 aromatic carbocycles. The van der Waals surface area contributed by atoms with Crippen molar-refractivity contribution in [3.63, 3.8) is 0 Å². The van der Waals surface area contributed by atoms with E-state index in [-0.39, 0.29) is 12.5 Å². The molecule has 0 unspecified atom stereocenters. The first-order valence-electron chi connectivity index (χ1n) is 7.78. The number of aromatic nitrogens is 1. The molecule has 3 rings (SSSR count). The molecule has 1 heterocycles. The maximum Gasteiger partial charge on any atom is 0.262 e. The summed E-state index contributed by atoms with van der Waals surface area (Å²) in [5.41, 5.74) is 1.73. The van der Waals surface area contributed by atoms with E-state index in [1.807, 2.05) is 6.07 Å². The largest absolute Gasteiger partial charge is 0.496 e. The first kappa shape index (κ1) is 16.6. The molecule has 0 saturated carbocycles. The quantitative estimate of drug-likeness (QED) is 0.705. The number of carbonyl (C=O) groups is 1. The summed E-state index contributed by atoms with van der Waals surface area (Å²) in [4.78, 5) is 18.7. The van der Waals surface area contributed by atoms with Crippen LogP contribution in [0.3, 0.4) is 0 Å². The Balaban J connectivity index is 2.02. The molecule has 0 aliphatic carbocycles. The summed E-state index contributed by atoms with van der Waals surface area (Å²) in [7, 11) is 1.51. The Bertz CT molecular complexity index is 868. The second kappa shape index (κ2) is 7.57. The minimum absolute atomic E-state index is 0.271. The predicted molar refractivity (Wildman–Crippen MR) is 94.1 cm³/mol. The standard InChI is InChI=1S/C20H17FN2O2/c1-25-19-10-3-2-9-18(19)20(24)23(14-15-6-5-11-22-13-15)17-8-4-7-16(21)12-17/h2-13H,14H2,1H3. The molecule has 1 amide bonds. The van der Waals surface area contributed by atoms with Crippen molar-refractivity contribution in [3.05, 3.63) is 90.0 Å². The first-order chi connectivity index (χ1) is 12.2. The summed E-state index contributed by atoms with van der Waals surface area (Å²) in [5.74, 6) is -0.200. The minimum Gasteiger partial charge on any atom is -0.496 e. The Hall–Kier alpha value is -3.21. The average molecular weight is 336 g/mol. The van der Waals surface area contributed by atoms with Gasteiger partial charge >= 0.3 is 0 Å². The van der Waals surface area contributed by atoms with Gasteiger partial charge in [-0.2, -0.15) is 0 Å². The third kappa shape index (κ3) is 3.83. The van der Waals surface area contributed by atoms with Crippen LogP contribution in [0.25, 0.3) is 0 Å². The van der Waals surface area contributed by atoms with Gasteiger partial charge in [0.2, 0.25) is 0 Å². The third-order valence-corrected chi connectivity index (χ3v) is 3.77. The summed E-state index contributed by atoms with van der Waals surface area (Å²) < 4.78 is 19.0. The zero-order chi connectivity index (χ0) is 17.6. The summed E-state index contributed by atoms with van der Waals surface area (Å²) >= 11 is 0. The highest BCUT2D eigenvalue weighted by molar-refractivity contribution is 6.07. The molecule has 0 N–H and O–H groups in total. The van der Waals surface area contributed by atoms with Crippen molar-refractivity contribution in [1.82, 2.24) is 4.98 Å². The van der Waals surface area contributed by atoms with Crippen LogP contribution >= 0.6 is 0 Å². The number of nitrogens with zero attached hydrogens (tertiary/aromatic N) is 2. The van der Waals surface area contributed by atoms with Crippen molar-refractivity contribution in [1.29, 1.82) is 0 Å². The van der Waals surface area contributed by atoms with Crippen LogP contribution in [0.2, 0.25) is 0 Å². The lowest BCUT2D eigenvalue weighted by molar-refractivity contribution is 0.0982. The van der Waals surface area contributed by atoms with Gasteiger partial charge in [-0.15, -0.1) is 0 Å². The minimum atomic E-state index is -0.401. The van der Waals surface area contributed by atoms with Crippen molar-refractivity contribution in [2.75, 3.05) is 12.0 Å². The molecule has 5 heteroatoms. The summed E-state index contributed by atoms with van der Waals surface area (Å²) in [5, 5.41) is 0. The van der Waals surface area contributed by atoms with Gasteiger partial charge in [0, 0.05) is 18.1 Å². The van der Waals surface area contributed by atoms with Crippen molar-refractivity contribution < 1.29 is 13.9 Å². The van der Waals surface area contributed by atoms with Gasteiger partial charge < -0.3 is 9.64 Å². The number of hydrogen-bond donors (Lipinski definition) is 0. The molecule has 25 heavy (non-hydrogen) atoms. The second-order valence-corrected chi connectivity index (χ2v) is 5.43. The van der Waals surface area contributed by atoms with E-state index >= 15 is 0 Å². The van der Waals surface area contributed by atoms with E-state index in [0.29, 0.717) is 17.0 Å². The highest BCUT2D eigenvalue weighted by Gasteiger charge is 2.21. The fourth-order valence-electron chi connectivity index (χ4n) is 2.57. The predicted octanol–water partition coefficient (Wildman–Crippen LogP) is 4.08. The van der Waals surface area contributed by atoms with Crippen molar-refractivity contribution in [3.8, 4) is 5.75 Å². The molecule has 0 aliphatic rings. The number of amides is 1. The van der Waals surface area contributed by atoms with Gasteiger partial charge in [-0.3, -0.25) is 9.78 Å². The molecule has 0 radical (unpaired) electrons. The number of para-hydroxylation sites is 1. The Morgan fingerprint density at radius 3 is 2.68 bits per heavy atom. The van der Waals surface area contributed by atoms with Crippen molar-refractivity contribution >= 4 is 11.6 Å². The molecule has 0 atom stereocenters. The SMILES string of the molecule is COc1ccccc1C(=O)N(Cc1cccnc1)c1cccc(F)c1. The van der Waals surface area contributed by atoms with Crippen molar-refractivity contribution in [2.24, 2.45) is 0 Å². The Kier molecular flexibility index (Phi) is 5.04. The van der Waals surface area contributed by atoms with Crippen LogP contribution in [0.5, 0.6) is 5.75 Å². The van der Waals surface area contributed by atoms with Gasteiger partial charge in [-0.1, -0.05) is 24.3 Å². The Morgan fingerprint density at radius 1 is 1.12 bits per heavy atom. The number of benzene rings is 2. The summed E-state index contributed by atoms with van der Waals surface area (Å²) in [6, 6.07) is 16.6. The van der Waals surface area contributed by atoms with Crippen LogP contribution in [-0.2, 0) is 6.54 Å². The number of pyridine rings is 1. The van der Waals surface area contributed by atoms with Gasteiger partial charge in [0.05, 0.1) is 19.2 Å². The summed E-state index contributed by atoms with van der Waals surface area (Å²) in [6.45, 7) is 0.272. The number of anilines is 1. The van der Waals surface area contributed by atoms with Crippen LogP contribution in [0.4, 0.5) is 10.1 Å². The van der Waals surface area contributed by atoms with E-state index in [1.165, 1.54) is 24.1 Å². The molecule has 4 nitrogen and oxygen atoms in total. The van der Waals surface area contributed by atoms with Gasteiger partial charge in [0.1, 0.15) is 11.6 Å². The number of hydrogen-bond acceptors (Lipinski definition) is 3. The average Bonchev–Trinajstić information content (AvgIpc) is 2.66. The molecule has 1 aromatic heterocycles. The summed E-state index contributed by atoms with van der Waals surface area (Å²) in [6.07, 6.45) is 3.35. The number of ether oxygens (including phenoxy) is 1. The number of rotatable bonds is 5. The van der Waals surface area contributed by atoms with Gasteiger partial charge in [-0.05, 0) is 42.0 Å². The lowest BCUT2D eigenvalue weighted by Gasteiger charge is -2.24. The molecular weight excluding hydrogens is 319 g/mol. The molecule has 0 aliphatic heterocycles. The Morgan fingerprint density at radius 2 is 1.96 bits per heavy atom. The van der Waals surface area contributed by atoms with Gasteiger partial charge in [0.25, 0.3) is 5.91 Å². The number of carbonyl (C=O) groups excluding carboxylic acids is 1. The highest BCUT2D eigenvalue weighted by atomic mass is 19.1. The van der Waals surface area contributed by atoms with Crippen LogP contribution < -0.4 is 9.64 Å². The van der Waals surface area contributed by atoms with E-state index in [0.717, 1.165) is 5.56 Å². The smallest absolute Gasteiger partial charge is 0.262 e. The topological polar surface area (TPSA) is 42.4 Å². The van der Waals surface area contributed by atoms with E-state index in [9.17, 15) is 9.18 Å². The molecular formula is C20H17FN2O2. The third-order valence-electron chi connectivity index (χ3n) is 3.77. The lowest BCUT2D eigenvalue weighted by atomic mass is 10.1. The maximum atomic E-state index is 13.7. The molecule has 0 fully saturated rings. The van der Waals surface area contributed by atoms with Crippen LogP contribution in [0.15, 0.2) is 73.1 Å². The second-order valence-electron chi connectivity index (χ2n) is 5.43. The zero-order valence-corrected chi connectivity index (χ0v) is 13.7. The molecule has 126 valence electrons. The number of methoxy groups -OCH3 is 1. The molecule has 3 aromatic rings. The lowest BCUT2D eigenvalue weighted by Crippen LogP contribution is -2.30. The molecule has 0 bridgehead atoms. The van der Waals surface area contributed by atoms with E-state index in [2.05, 4.69) is 4.98 Å². The Labute approximate surface area is 145 Å². The van der Waals surface area contributed by atoms with Gasteiger partial charge in [0.15, 0.2) is 0 Å². The maximum absolute atomic E-state index is 13.7. The van der Waals surface area contributed by atoms with Gasteiger partial charge in [-0.25, -0.2) is 4.39 Å². The number of halogens is 1. The van der Waals surface area contributed by atoms with Crippen molar-refractivity contribution in [2.45, 2.75) is 6.54 Å². The van der Waals surface area contributed by atoms with Crippen LogP contribution in [-0.4, -0.2) is 18.0 Å². The van der Waals surface area contributed by atoms with E-state index < -0.39 is 5.82 Å². The molecule has 0 spiro atoms. The first-order valence-corrected chi connectivity index (χ1v) is 7.78. The fraction of sp³-hybridized carbons (Fsp3) is 0.100. The monoisotopic (exact) mass is 336 g/mol. The van der Waals surface area contributed by atoms with Crippen LogP contribution in [0, 0.1) is 5.82 Å².